The predicted octanol–water partition coefficient (Wildman–Crippen LogP) is 4.91. The zero-order valence-electron chi connectivity index (χ0n) is 21.2. The van der Waals surface area contributed by atoms with Crippen molar-refractivity contribution in [1.82, 2.24) is 19.4 Å². The van der Waals surface area contributed by atoms with Gasteiger partial charge in [0.25, 0.3) is 0 Å². The van der Waals surface area contributed by atoms with Crippen molar-refractivity contribution < 1.29 is 9.47 Å². The zero-order chi connectivity index (χ0) is 24.6. The molecule has 4 saturated heterocycles. The van der Waals surface area contributed by atoms with Crippen LogP contribution in [-0.2, 0) is 4.74 Å². The highest BCUT2D eigenvalue weighted by atomic mass is 32.2. The zero-order valence-corrected chi connectivity index (χ0v) is 22.0. The van der Waals surface area contributed by atoms with E-state index >= 15 is 0 Å². The average molecular weight is 518 g/mol. The van der Waals surface area contributed by atoms with Gasteiger partial charge >= 0.3 is 0 Å². The monoisotopic (exact) mass is 517 g/mol. The van der Waals surface area contributed by atoms with Crippen LogP contribution in [0.1, 0.15) is 51.0 Å². The Balaban J connectivity index is 1.03. The number of hydrogen-bond donors (Lipinski definition) is 1. The fourth-order valence-corrected chi connectivity index (χ4v) is 9.07. The third-order valence-electron chi connectivity index (χ3n) is 9.66. The summed E-state index contributed by atoms with van der Waals surface area (Å²) in [5.41, 5.74) is 9.49. The number of nitrogen functional groups attached to an aromatic ring is 1. The summed E-state index contributed by atoms with van der Waals surface area (Å²) in [6, 6.07) is 9.68. The number of rotatable bonds is 7. The van der Waals surface area contributed by atoms with E-state index in [0.717, 1.165) is 58.0 Å². The number of hydrogen-bond acceptors (Lipinski definition) is 7. The number of benzene rings is 1. The molecule has 2 aromatic heterocycles. The molecule has 0 spiro atoms. The molecule has 2 atom stereocenters. The lowest BCUT2D eigenvalue weighted by Crippen LogP contribution is -2.41. The van der Waals surface area contributed by atoms with Crippen molar-refractivity contribution in [3.05, 3.63) is 36.8 Å². The first-order valence-corrected chi connectivity index (χ1v) is 15.1. The average Bonchev–Trinajstić information content (AvgIpc) is 3.72. The molecule has 1 aliphatic carbocycles. The van der Waals surface area contributed by atoms with Gasteiger partial charge in [0.1, 0.15) is 35.7 Å². The van der Waals surface area contributed by atoms with Gasteiger partial charge < -0.3 is 19.8 Å². The molecular formula is C29H35N5O2S. The van der Waals surface area contributed by atoms with Gasteiger partial charge in [-0.1, -0.05) is 12.1 Å². The predicted molar refractivity (Wildman–Crippen MR) is 147 cm³/mol. The maximum Gasteiger partial charge on any atom is 0.146 e. The van der Waals surface area contributed by atoms with Crippen molar-refractivity contribution >= 4 is 28.6 Å². The van der Waals surface area contributed by atoms with Crippen LogP contribution < -0.4 is 10.5 Å². The molecule has 3 aromatic rings. The second-order valence-corrected chi connectivity index (χ2v) is 13.3. The van der Waals surface area contributed by atoms with Gasteiger partial charge in [-0.25, -0.2) is 9.97 Å². The van der Waals surface area contributed by atoms with E-state index in [1.165, 1.54) is 50.9 Å². The number of aromatic nitrogens is 3. The van der Waals surface area contributed by atoms with Gasteiger partial charge in [-0.15, -0.1) is 0 Å². The van der Waals surface area contributed by atoms with Gasteiger partial charge in [-0.2, -0.15) is 11.8 Å². The van der Waals surface area contributed by atoms with Crippen molar-refractivity contribution in [3.63, 3.8) is 0 Å². The van der Waals surface area contributed by atoms with E-state index in [0.29, 0.717) is 24.6 Å². The molecule has 4 bridgehead atoms. The van der Waals surface area contributed by atoms with Crippen molar-refractivity contribution in [2.75, 3.05) is 31.2 Å². The lowest BCUT2D eigenvalue weighted by Gasteiger charge is -2.40. The third-order valence-corrected chi connectivity index (χ3v) is 11.0. The quantitative estimate of drug-likeness (QED) is 0.477. The summed E-state index contributed by atoms with van der Waals surface area (Å²) in [4.78, 5) is 11.8. The summed E-state index contributed by atoms with van der Waals surface area (Å²) in [5.74, 6) is 3.53. The minimum absolute atomic E-state index is 0.0802. The molecule has 0 amide bonds. The van der Waals surface area contributed by atoms with Crippen LogP contribution in [0.5, 0.6) is 5.75 Å². The molecule has 1 saturated carbocycles. The highest BCUT2D eigenvalue weighted by Gasteiger charge is 2.47. The van der Waals surface area contributed by atoms with Crippen molar-refractivity contribution in [3.8, 4) is 16.9 Å². The Labute approximate surface area is 222 Å². The highest BCUT2D eigenvalue weighted by Crippen LogP contribution is 2.46. The van der Waals surface area contributed by atoms with Crippen LogP contribution in [-0.4, -0.2) is 67.9 Å². The second kappa shape index (κ2) is 8.61. The molecule has 4 aliphatic heterocycles. The molecular weight excluding hydrogens is 482 g/mol. The van der Waals surface area contributed by atoms with Crippen molar-refractivity contribution in [2.45, 2.75) is 74.0 Å². The van der Waals surface area contributed by atoms with Crippen molar-refractivity contribution in [2.24, 2.45) is 5.92 Å². The Bertz CT molecular complexity index is 1330. The first kappa shape index (κ1) is 22.7. The van der Waals surface area contributed by atoms with Gasteiger partial charge in [0.15, 0.2) is 0 Å². The molecule has 6 heterocycles. The summed E-state index contributed by atoms with van der Waals surface area (Å²) in [6.45, 7) is 3.18. The van der Waals surface area contributed by atoms with Gasteiger partial charge in [0.2, 0.25) is 0 Å². The summed E-state index contributed by atoms with van der Waals surface area (Å²) >= 11 is 2.18. The molecule has 8 rings (SSSR count). The molecule has 0 unspecified atom stereocenters. The minimum atomic E-state index is -0.0802. The normalized spacial score (nSPS) is 34.4. The van der Waals surface area contributed by atoms with E-state index < -0.39 is 0 Å². The molecule has 0 radical (unpaired) electrons. The third kappa shape index (κ3) is 3.86. The van der Waals surface area contributed by atoms with Crippen LogP contribution in [0.2, 0.25) is 0 Å². The summed E-state index contributed by atoms with van der Waals surface area (Å²) in [6.07, 6.45) is 12.7. The van der Waals surface area contributed by atoms with E-state index in [-0.39, 0.29) is 5.60 Å². The first-order valence-electron chi connectivity index (χ1n) is 14.0. The standard InChI is InChI=1S/C29H35N5O2S/c30-27-26-25(19-2-1-3-23(10-19)35-16-29-6-4-22(36-29)5-7-29)14-34(28(26)32-17-31-27)20-8-18(9-20)12-33-13-24-11-21(33)15-37-24/h1-3,10,14,17-18,20-22,24H,4-9,11-13,15-16H2,(H2,30,31,32)/t18?,20?,21-,22?,24-,29?/m0/s1. The van der Waals surface area contributed by atoms with E-state index in [2.05, 4.69) is 50.6 Å². The van der Waals surface area contributed by atoms with E-state index in [9.17, 15) is 0 Å². The maximum atomic E-state index is 6.44. The number of nitrogens with two attached hydrogens (primary N) is 1. The molecule has 5 fully saturated rings. The van der Waals surface area contributed by atoms with Crippen LogP contribution in [0.25, 0.3) is 22.2 Å². The number of fused-ring (bicyclic) bond motifs is 5. The second-order valence-electron chi connectivity index (χ2n) is 12.0. The Morgan fingerprint density at radius 3 is 2.78 bits per heavy atom. The number of likely N-dealkylation sites (tertiary alicyclic amines) is 1. The molecule has 194 valence electrons. The molecule has 7 nitrogen and oxygen atoms in total. The molecule has 8 heteroatoms. The summed E-state index contributed by atoms with van der Waals surface area (Å²) in [7, 11) is 0. The van der Waals surface area contributed by atoms with E-state index in [1.54, 1.807) is 6.33 Å². The minimum Gasteiger partial charge on any atom is -0.491 e. The largest absolute Gasteiger partial charge is 0.491 e. The lowest BCUT2D eigenvalue weighted by molar-refractivity contribution is -0.0198. The van der Waals surface area contributed by atoms with Crippen LogP contribution >= 0.6 is 11.8 Å². The highest BCUT2D eigenvalue weighted by molar-refractivity contribution is 8.00. The summed E-state index contributed by atoms with van der Waals surface area (Å²) in [5, 5.41) is 1.84. The lowest BCUT2D eigenvalue weighted by atomic mass is 9.79. The Morgan fingerprint density at radius 2 is 2.03 bits per heavy atom. The number of anilines is 1. The van der Waals surface area contributed by atoms with Crippen molar-refractivity contribution in [1.29, 1.82) is 0 Å². The van der Waals surface area contributed by atoms with E-state index in [4.69, 9.17) is 20.2 Å². The van der Waals surface area contributed by atoms with Gasteiger partial charge in [-0.05, 0) is 68.6 Å². The number of thioether (sulfide) groups is 1. The molecule has 37 heavy (non-hydrogen) atoms. The first-order chi connectivity index (χ1) is 18.1. The summed E-state index contributed by atoms with van der Waals surface area (Å²) < 4.78 is 14.9. The van der Waals surface area contributed by atoms with Gasteiger partial charge in [-0.3, -0.25) is 4.90 Å². The topological polar surface area (TPSA) is 78.4 Å². The van der Waals surface area contributed by atoms with Crippen LogP contribution in [0, 0.1) is 5.92 Å². The molecule has 5 aliphatic rings. The van der Waals surface area contributed by atoms with Crippen LogP contribution in [0.15, 0.2) is 36.8 Å². The fraction of sp³-hybridized carbons (Fsp3) is 0.586. The Hall–Kier alpha value is -2.29. The molecule has 1 aromatic carbocycles. The molecule has 2 N–H and O–H groups in total. The number of ether oxygens (including phenoxy) is 2. The Morgan fingerprint density at radius 1 is 1.14 bits per heavy atom. The van der Waals surface area contributed by atoms with E-state index in [1.807, 2.05) is 6.07 Å². The smallest absolute Gasteiger partial charge is 0.146 e. The number of nitrogens with zero attached hydrogens (tertiary/aromatic N) is 4. The van der Waals surface area contributed by atoms with Gasteiger partial charge in [0, 0.05) is 47.9 Å². The maximum absolute atomic E-state index is 6.44. The Kier molecular flexibility index (Phi) is 5.28. The van der Waals surface area contributed by atoms with Gasteiger partial charge in [0.05, 0.1) is 11.5 Å². The van der Waals surface area contributed by atoms with Crippen LogP contribution in [0.4, 0.5) is 5.82 Å². The SMILES string of the molecule is Nc1ncnc2c1c(-c1cccc(OCC34CCC(CC3)O4)c1)cn2C1CC(CN2C[C@@H]3C[C@H]2CS3)C1. The van der Waals surface area contributed by atoms with Crippen LogP contribution in [0.3, 0.4) is 0 Å². The fourth-order valence-electron chi connectivity index (χ4n) is 7.57.